The van der Waals surface area contributed by atoms with Gasteiger partial charge in [-0.3, -0.25) is 0 Å². The molecule has 0 saturated heterocycles. The van der Waals surface area contributed by atoms with Crippen molar-refractivity contribution >= 4 is 33.2 Å². The number of H-pyrrole nitrogens is 1. The van der Waals surface area contributed by atoms with Gasteiger partial charge in [0.05, 0.1) is 23.2 Å². The van der Waals surface area contributed by atoms with Crippen molar-refractivity contribution in [2.24, 2.45) is 0 Å². The number of hydrogen-bond donors (Lipinski definition) is 2. The van der Waals surface area contributed by atoms with Crippen molar-refractivity contribution in [2.75, 3.05) is 5.32 Å². The van der Waals surface area contributed by atoms with E-state index in [0.29, 0.717) is 0 Å². The van der Waals surface area contributed by atoms with E-state index in [-0.39, 0.29) is 0 Å². The maximum atomic E-state index is 6.09. The van der Waals surface area contributed by atoms with Crippen molar-refractivity contribution in [1.29, 1.82) is 0 Å². The molecule has 106 valence electrons. The molecule has 3 rings (SSSR count). The molecular formula is C16H13BrClN3. The highest BCUT2D eigenvalue weighted by Gasteiger charge is 2.01. The van der Waals surface area contributed by atoms with Gasteiger partial charge in [0.1, 0.15) is 0 Å². The molecule has 0 amide bonds. The quantitative estimate of drug-likeness (QED) is 0.677. The van der Waals surface area contributed by atoms with Crippen LogP contribution in [0.3, 0.4) is 0 Å². The maximum Gasteiger partial charge on any atom is 0.0924 e. The van der Waals surface area contributed by atoms with E-state index in [9.17, 15) is 0 Å². The molecule has 0 radical (unpaired) electrons. The van der Waals surface area contributed by atoms with Crippen LogP contribution in [0.2, 0.25) is 5.02 Å². The van der Waals surface area contributed by atoms with Crippen LogP contribution >= 0.6 is 27.5 Å². The summed E-state index contributed by atoms with van der Waals surface area (Å²) < 4.78 is 0.914. The van der Waals surface area contributed by atoms with Gasteiger partial charge in [0.2, 0.25) is 0 Å². The number of hydrogen-bond acceptors (Lipinski definition) is 2. The number of aromatic amines is 1. The third kappa shape index (κ3) is 3.46. The number of rotatable bonds is 4. The third-order valence-corrected chi connectivity index (χ3v) is 4.41. The number of nitrogens with one attached hydrogen (secondary N) is 2. The summed E-state index contributed by atoms with van der Waals surface area (Å²) in [5.41, 5.74) is 4.34. The highest BCUT2D eigenvalue weighted by atomic mass is 79.9. The van der Waals surface area contributed by atoms with Crippen LogP contribution in [0.5, 0.6) is 0 Å². The summed E-state index contributed by atoms with van der Waals surface area (Å²) in [6.45, 7) is 0.733. The first-order valence-electron chi connectivity index (χ1n) is 6.49. The first-order valence-corrected chi connectivity index (χ1v) is 7.66. The highest BCUT2D eigenvalue weighted by Crippen LogP contribution is 2.24. The third-order valence-electron chi connectivity index (χ3n) is 3.17. The highest BCUT2D eigenvalue weighted by molar-refractivity contribution is 9.10. The lowest BCUT2D eigenvalue weighted by molar-refractivity contribution is 1.15. The average molecular weight is 363 g/mol. The van der Waals surface area contributed by atoms with E-state index in [1.165, 1.54) is 0 Å². The van der Waals surface area contributed by atoms with E-state index >= 15 is 0 Å². The summed E-state index contributed by atoms with van der Waals surface area (Å²) in [5.74, 6) is 0. The lowest BCUT2D eigenvalue weighted by atomic mass is 10.1. The molecule has 1 aromatic heterocycles. The predicted octanol–water partition coefficient (Wildman–Crippen LogP) is 5.10. The molecule has 0 bridgehead atoms. The van der Waals surface area contributed by atoms with E-state index in [0.717, 1.165) is 38.5 Å². The molecular weight excluding hydrogens is 350 g/mol. The fourth-order valence-corrected chi connectivity index (χ4v) is 2.48. The predicted molar refractivity (Wildman–Crippen MR) is 90.5 cm³/mol. The maximum absolute atomic E-state index is 6.09. The average Bonchev–Trinajstić information content (AvgIpc) is 3.03. The molecule has 1 heterocycles. The Morgan fingerprint density at radius 2 is 1.95 bits per heavy atom. The number of imidazole rings is 1. The van der Waals surface area contributed by atoms with Crippen LogP contribution in [-0.2, 0) is 6.54 Å². The standard InChI is InChI=1S/C16H13BrClN3/c17-14-6-1-11(7-15(14)18)8-20-13-4-2-12(3-5-13)16-9-19-10-21-16/h1-7,9-10,20H,8H2,(H,19,21). The minimum Gasteiger partial charge on any atom is -0.381 e. The first kappa shape index (κ1) is 14.2. The summed E-state index contributed by atoms with van der Waals surface area (Å²) in [6.07, 6.45) is 3.49. The topological polar surface area (TPSA) is 40.7 Å². The number of halogens is 2. The second-order valence-corrected chi connectivity index (χ2v) is 5.91. The van der Waals surface area contributed by atoms with Gasteiger partial charge in [0.25, 0.3) is 0 Å². The zero-order valence-corrected chi connectivity index (χ0v) is 13.4. The Balaban J connectivity index is 1.66. The number of benzene rings is 2. The fourth-order valence-electron chi connectivity index (χ4n) is 2.04. The zero-order chi connectivity index (χ0) is 14.7. The molecule has 0 aliphatic heterocycles. The van der Waals surface area contributed by atoms with E-state index in [2.05, 4.69) is 55.5 Å². The first-order chi connectivity index (χ1) is 10.2. The Morgan fingerprint density at radius 3 is 2.62 bits per heavy atom. The van der Waals surface area contributed by atoms with Crippen molar-refractivity contribution in [3.8, 4) is 11.3 Å². The van der Waals surface area contributed by atoms with Crippen molar-refractivity contribution in [2.45, 2.75) is 6.54 Å². The summed E-state index contributed by atoms with van der Waals surface area (Å²) in [7, 11) is 0. The van der Waals surface area contributed by atoms with Gasteiger partial charge < -0.3 is 10.3 Å². The minimum absolute atomic E-state index is 0.726. The SMILES string of the molecule is Clc1cc(CNc2ccc(-c3cnc[nH]3)cc2)ccc1Br. The fraction of sp³-hybridized carbons (Fsp3) is 0.0625. The normalized spacial score (nSPS) is 10.6. The van der Waals surface area contributed by atoms with Crippen molar-refractivity contribution < 1.29 is 0 Å². The van der Waals surface area contributed by atoms with Crippen molar-refractivity contribution in [3.63, 3.8) is 0 Å². The van der Waals surface area contributed by atoms with Crippen LogP contribution in [0.4, 0.5) is 5.69 Å². The molecule has 0 atom stereocenters. The van der Waals surface area contributed by atoms with Crippen LogP contribution < -0.4 is 5.32 Å². The summed E-state index contributed by atoms with van der Waals surface area (Å²) in [5, 5.41) is 4.11. The number of anilines is 1. The molecule has 21 heavy (non-hydrogen) atoms. The van der Waals surface area contributed by atoms with E-state index in [1.54, 1.807) is 6.33 Å². The molecule has 0 saturated carbocycles. The Labute approximate surface area is 136 Å². The Hall–Kier alpha value is -1.78. The van der Waals surface area contributed by atoms with Gasteiger partial charge >= 0.3 is 0 Å². The molecule has 0 fully saturated rings. The van der Waals surface area contributed by atoms with Gasteiger partial charge in [-0.2, -0.15) is 0 Å². The minimum atomic E-state index is 0.726. The van der Waals surface area contributed by atoms with Gasteiger partial charge in [-0.25, -0.2) is 4.98 Å². The van der Waals surface area contributed by atoms with Crippen LogP contribution in [0.1, 0.15) is 5.56 Å². The van der Waals surface area contributed by atoms with E-state index in [1.807, 2.05) is 24.4 Å². The van der Waals surface area contributed by atoms with Crippen LogP contribution in [-0.4, -0.2) is 9.97 Å². The molecule has 2 aromatic carbocycles. The van der Waals surface area contributed by atoms with Gasteiger partial charge in [0, 0.05) is 16.7 Å². The second-order valence-electron chi connectivity index (χ2n) is 4.64. The van der Waals surface area contributed by atoms with E-state index in [4.69, 9.17) is 11.6 Å². The Kier molecular flexibility index (Phi) is 4.27. The second kappa shape index (κ2) is 6.33. The molecule has 3 nitrogen and oxygen atoms in total. The lowest BCUT2D eigenvalue weighted by Crippen LogP contribution is -1.99. The Morgan fingerprint density at radius 1 is 1.14 bits per heavy atom. The Bertz CT molecular complexity index is 724. The van der Waals surface area contributed by atoms with Crippen molar-refractivity contribution in [3.05, 3.63) is 70.0 Å². The van der Waals surface area contributed by atoms with Gasteiger partial charge in [-0.1, -0.05) is 29.8 Å². The van der Waals surface area contributed by atoms with Crippen LogP contribution in [0, 0.1) is 0 Å². The van der Waals surface area contributed by atoms with Crippen molar-refractivity contribution in [1.82, 2.24) is 9.97 Å². The molecule has 0 spiro atoms. The molecule has 5 heteroatoms. The molecule has 3 aromatic rings. The van der Waals surface area contributed by atoms with Crippen LogP contribution in [0.25, 0.3) is 11.3 Å². The lowest BCUT2D eigenvalue weighted by Gasteiger charge is -2.08. The molecule has 0 aliphatic rings. The van der Waals surface area contributed by atoms with E-state index < -0.39 is 0 Å². The summed E-state index contributed by atoms with van der Waals surface area (Å²) in [4.78, 5) is 7.12. The zero-order valence-electron chi connectivity index (χ0n) is 11.1. The number of aromatic nitrogens is 2. The van der Waals surface area contributed by atoms with Crippen LogP contribution in [0.15, 0.2) is 59.5 Å². The molecule has 0 unspecified atom stereocenters. The van der Waals surface area contributed by atoms with Gasteiger partial charge in [-0.05, 0) is 51.3 Å². The summed E-state index contributed by atoms with van der Waals surface area (Å²) >= 11 is 9.48. The smallest absolute Gasteiger partial charge is 0.0924 e. The van der Waals surface area contributed by atoms with Gasteiger partial charge in [-0.15, -0.1) is 0 Å². The van der Waals surface area contributed by atoms with Gasteiger partial charge in [0.15, 0.2) is 0 Å². The molecule has 0 aliphatic carbocycles. The number of nitrogens with zero attached hydrogens (tertiary/aromatic N) is 1. The summed E-state index contributed by atoms with van der Waals surface area (Å²) in [6, 6.07) is 14.2. The largest absolute Gasteiger partial charge is 0.381 e. The molecule has 2 N–H and O–H groups in total. The monoisotopic (exact) mass is 361 g/mol.